The highest BCUT2D eigenvalue weighted by molar-refractivity contribution is 6.94. The summed E-state index contributed by atoms with van der Waals surface area (Å²) in [4.78, 5) is 10.5. The predicted octanol–water partition coefficient (Wildman–Crippen LogP) is 5.05. The summed E-state index contributed by atoms with van der Waals surface area (Å²) in [6.45, 7) is 12.6. The molecule has 1 nitrogen and oxygen atoms in total. The molecule has 1 rings (SSSR count). The van der Waals surface area contributed by atoms with Crippen molar-refractivity contribution in [3.63, 3.8) is 0 Å². The fraction of sp³-hybridized carbons (Fsp3) is 0.588. The second-order valence-corrected chi connectivity index (χ2v) is 19.3. The van der Waals surface area contributed by atoms with E-state index < -0.39 is 16.1 Å². The molecule has 0 fully saturated rings. The van der Waals surface area contributed by atoms with E-state index in [1.807, 2.05) is 18.4 Å². The first kappa shape index (κ1) is 17.4. The Labute approximate surface area is 126 Å². The molecule has 0 aliphatic carbocycles. The Hall–Kier alpha value is -0.676. The van der Waals surface area contributed by atoms with Gasteiger partial charge in [-0.3, -0.25) is 4.79 Å². The van der Waals surface area contributed by atoms with Gasteiger partial charge < -0.3 is 0 Å². The topological polar surface area (TPSA) is 17.1 Å². The Balaban J connectivity index is 2.32. The number of rotatable bonds is 8. The van der Waals surface area contributed by atoms with E-state index in [4.69, 9.17) is 0 Å². The lowest BCUT2D eigenvalue weighted by Gasteiger charge is -2.29. The van der Waals surface area contributed by atoms with E-state index in [0.717, 1.165) is 6.42 Å². The number of hydrogen-bond acceptors (Lipinski definition) is 1. The van der Waals surface area contributed by atoms with Crippen LogP contribution < -0.4 is 0 Å². The van der Waals surface area contributed by atoms with E-state index in [-0.39, 0.29) is 0 Å². The first-order chi connectivity index (χ1) is 9.22. The van der Waals surface area contributed by atoms with Crippen LogP contribution in [-0.4, -0.2) is 22.4 Å². The highest BCUT2D eigenvalue weighted by Crippen LogP contribution is 2.25. The summed E-state index contributed by atoms with van der Waals surface area (Å²) < 4.78 is 0. The standard InChI is InChI=1S/C17H29OSi2/c1-19(2,3)15-20(4,5)13-7-6-8-16-9-11-17(14-18)12-10-16/h9-12H,6-8,13,15H2,1-5H3. The van der Waals surface area contributed by atoms with Gasteiger partial charge in [-0.15, -0.1) is 0 Å². The summed E-state index contributed by atoms with van der Waals surface area (Å²) in [7, 11) is -1.88. The van der Waals surface area contributed by atoms with Gasteiger partial charge in [0.15, 0.2) is 0 Å². The molecule has 0 amide bonds. The summed E-state index contributed by atoms with van der Waals surface area (Å²) in [6, 6.07) is 9.31. The second-order valence-electron chi connectivity index (χ2n) is 7.91. The van der Waals surface area contributed by atoms with Crippen LogP contribution in [0.25, 0.3) is 0 Å². The predicted molar refractivity (Wildman–Crippen MR) is 94.6 cm³/mol. The lowest BCUT2D eigenvalue weighted by Crippen LogP contribution is -2.37. The average Bonchev–Trinajstić information content (AvgIpc) is 2.32. The number of hydrogen-bond donors (Lipinski definition) is 0. The van der Waals surface area contributed by atoms with Crippen molar-refractivity contribution in [3.8, 4) is 0 Å². The third kappa shape index (κ3) is 7.20. The minimum Gasteiger partial charge on any atom is -0.285 e. The van der Waals surface area contributed by atoms with Crippen LogP contribution in [0.5, 0.6) is 0 Å². The van der Waals surface area contributed by atoms with Crippen molar-refractivity contribution in [2.45, 2.75) is 63.7 Å². The van der Waals surface area contributed by atoms with Crippen molar-refractivity contribution in [1.29, 1.82) is 0 Å². The van der Waals surface area contributed by atoms with Crippen molar-refractivity contribution in [3.05, 3.63) is 35.4 Å². The number of aryl methyl sites for hydroxylation is 1. The minimum absolute atomic E-state index is 0.650. The molecule has 0 saturated heterocycles. The maximum Gasteiger partial charge on any atom is 0.233 e. The van der Waals surface area contributed by atoms with Crippen LogP contribution in [0.1, 0.15) is 24.0 Å². The maximum atomic E-state index is 10.5. The molecule has 1 aromatic rings. The van der Waals surface area contributed by atoms with Gasteiger partial charge in [-0.05, 0) is 18.4 Å². The molecule has 0 atom stereocenters. The number of benzene rings is 1. The number of unbranched alkanes of at least 4 members (excludes halogenated alkanes) is 1. The Kier molecular flexibility index (Phi) is 6.40. The molecule has 0 aliphatic rings. The van der Waals surface area contributed by atoms with Crippen molar-refractivity contribution >= 4 is 22.4 Å². The summed E-state index contributed by atoms with van der Waals surface area (Å²) in [5, 5.41) is 0. The normalized spacial score (nSPS) is 12.4. The average molecular weight is 306 g/mol. The quantitative estimate of drug-likeness (QED) is 0.485. The van der Waals surface area contributed by atoms with E-state index in [1.165, 1.54) is 24.4 Å². The van der Waals surface area contributed by atoms with Gasteiger partial charge in [-0.1, -0.05) is 75.1 Å². The molecule has 0 N–H and O–H groups in total. The highest BCUT2D eigenvalue weighted by atomic mass is 28.4. The molecular formula is C17H29OSi2. The van der Waals surface area contributed by atoms with Crippen molar-refractivity contribution in [2.75, 3.05) is 0 Å². The van der Waals surface area contributed by atoms with Crippen molar-refractivity contribution in [2.24, 2.45) is 0 Å². The summed E-state index contributed by atoms with van der Waals surface area (Å²) >= 11 is 0. The lowest BCUT2D eigenvalue weighted by atomic mass is 10.1. The molecule has 0 heterocycles. The second kappa shape index (κ2) is 7.37. The highest BCUT2D eigenvalue weighted by Gasteiger charge is 2.27. The van der Waals surface area contributed by atoms with Gasteiger partial charge in [0, 0.05) is 21.7 Å². The third-order valence-electron chi connectivity index (χ3n) is 3.65. The van der Waals surface area contributed by atoms with E-state index in [2.05, 4.69) is 44.9 Å². The molecule has 0 aromatic heterocycles. The fourth-order valence-electron chi connectivity index (χ4n) is 3.20. The van der Waals surface area contributed by atoms with Gasteiger partial charge >= 0.3 is 0 Å². The monoisotopic (exact) mass is 305 g/mol. The molecule has 0 aliphatic heterocycles. The van der Waals surface area contributed by atoms with Crippen LogP contribution in [0, 0.1) is 0 Å². The molecule has 0 bridgehead atoms. The van der Waals surface area contributed by atoms with Crippen LogP contribution in [0.4, 0.5) is 0 Å². The van der Waals surface area contributed by atoms with Crippen LogP contribution in [0.2, 0.25) is 44.4 Å². The zero-order valence-electron chi connectivity index (χ0n) is 13.8. The van der Waals surface area contributed by atoms with Crippen LogP contribution in [-0.2, 0) is 11.2 Å². The van der Waals surface area contributed by atoms with Crippen molar-refractivity contribution < 1.29 is 4.79 Å². The largest absolute Gasteiger partial charge is 0.285 e. The lowest BCUT2D eigenvalue weighted by molar-refractivity contribution is 0.562. The van der Waals surface area contributed by atoms with Crippen LogP contribution in [0.15, 0.2) is 24.3 Å². The minimum atomic E-state index is -0.981. The molecule has 1 aromatic carbocycles. The Bertz CT molecular complexity index is 416. The summed E-state index contributed by atoms with van der Waals surface area (Å²) in [6.07, 6.45) is 5.68. The fourth-order valence-corrected chi connectivity index (χ4v) is 16.6. The summed E-state index contributed by atoms with van der Waals surface area (Å²) in [5.41, 5.74) is 3.54. The summed E-state index contributed by atoms with van der Waals surface area (Å²) in [5.74, 6) is 0. The smallest absolute Gasteiger partial charge is 0.233 e. The third-order valence-corrected chi connectivity index (χ3v) is 13.4. The van der Waals surface area contributed by atoms with Gasteiger partial charge in [0.25, 0.3) is 0 Å². The van der Waals surface area contributed by atoms with E-state index in [9.17, 15) is 4.79 Å². The van der Waals surface area contributed by atoms with Crippen molar-refractivity contribution in [1.82, 2.24) is 0 Å². The molecule has 0 unspecified atom stereocenters. The van der Waals surface area contributed by atoms with E-state index >= 15 is 0 Å². The molecule has 0 spiro atoms. The molecule has 1 radical (unpaired) electrons. The Morgan fingerprint density at radius 2 is 1.55 bits per heavy atom. The maximum absolute atomic E-state index is 10.5. The van der Waals surface area contributed by atoms with Crippen LogP contribution >= 0.6 is 0 Å². The SMILES string of the molecule is C[Si](C)(C)C[Si](C)(C)CCCCc1ccc([C]=O)cc1. The van der Waals surface area contributed by atoms with Gasteiger partial charge in [0.1, 0.15) is 0 Å². The first-order valence-electron chi connectivity index (χ1n) is 7.69. The zero-order chi connectivity index (χ0) is 15.2. The van der Waals surface area contributed by atoms with Gasteiger partial charge in [-0.25, -0.2) is 0 Å². The first-order valence-corrected chi connectivity index (χ1v) is 14.8. The Morgan fingerprint density at radius 3 is 2.05 bits per heavy atom. The molecule has 20 heavy (non-hydrogen) atoms. The van der Waals surface area contributed by atoms with E-state index in [0.29, 0.717) is 5.56 Å². The van der Waals surface area contributed by atoms with Crippen LogP contribution in [0.3, 0.4) is 0 Å². The number of carbonyl (C=O) groups excluding carboxylic acids is 1. The molecule has 0 saturated carbocycles. The molecule has 111 valence electrons. The van der Waals surface area contributed by atoms with E-state index in [1.54, 1.807) is 5.67 Å². The Morgan fingerprint density at radius 1 is 0.950 bits per heavy atom. The molecular weight excluding hydrogens is 276 g/mol. The van der Waals surface area contributed by atoms with Gasteiger partial charge in [-0.2, -0.15) is 0 Å². The molecule has 3 heteroatoms. The zero-order valence-corrected chi connectivity index (χ0v) is 15.8. The van der Waals surface area contributed by atoms with Gasteiger partial charge in [0.05, 0.1) is 0 Å². The van der Waals surface area contributed by atoms with Gasteiger partial charge in [0.2, 0.25) is 6.29 Å².